The molecule has 11 heteroatoms. The number of benzene rings is 2. The van der Waals surface area contributed by atoms with Gasteiger partial charge in [0.15, 0.2) is 0 Å². The van der Waals surface area contributed by atoms with Gasteiger partial charge in [-0.25, -0.2) is 0 Å². The van der Waals surface area contributed by atoms with Gasteiger partial charge in [0.1, 0.15) is 12.1 Å². The normalized spacial score (nSPS) is 28.6. The molecule has 264 valence electrons. The zero-order valence-corrected chi connectivity index (χ0v) is 28.7. The third-order valence-electron chi connectivity index (χ3n) is 11.3. The van der Waals surface area contributed by atoms with Crippen LogP contribution in [0.3, 0.4) is 0 Å². The summed E-state index contributed by atoms with van der Waals surface area (Å²) < 4.78 is 0. The number of aliphatic hydroxyl groups excluding tert-OH is 4. The first kappa shape index (κ1) is 36.4. The molecule has 1 saturated heterocycles. The van der Waals surface area contributed by atoms with Crippen molar-refractivity contribution in [3.8, 4) is 11.1 Å². The summed E-state index contributed by atoms with van der Waals surface area (Å²) in [6.45, 7) is 10.2. The Morgan fingerprint density at radius 1 is 1.02 bits per heavy atom. The van der Waals surface area contributed by atoms with E-state index in [9.17, 15) is 30.0 Å². The lowest BCUT2D eigenvalue weighted by atomic mass is 9.45. The van der Waals surface area contributed by atoms with Gasteiger partial charge in [0.25, 0.3) is 5.91 Å². The molecule has 2 amide bonds. The molecule has 6 N–H and O–H groups in total. The van der Waals surface area contributed by atoms with Crippen molar-refractivity contribution in [3.05, 3.63) is 59.7 Å². The van der Waals surface area contributed by atoms with Crippen LogP contribution in [0.2, 0.25) is 0 Å². The first-order chi connectivity index (χ1) is 23.0. The molecule has 8 atom stereocenters. The molecule has 6 rings (SSSR count). The number of rotatable bonds is 15. The van der Waals surface area contributed by atoms with Crippen molar-refractivity contribution in [1.82, 2.24) is 20.6 Å². The molecule has 2 aromatic rings. The zero-order chi connectivity index (χ0) is 34.6. The molecule has 0 spiro atoms. The van der Waals surface area contributed by atoms with E-state index in [1.807, 2.05) is 47.4 Å². The summed E-state index contributed by atoms with van der Waals surface area (Å²) in [5.41, 5.74) is 3.43. The third kappa shape index (κ3) is 7.78. The molecule has 4 aliphatic rings. The van der Waals surface area contributed by atoms with Crippen LogP contribution in [0.25, 0.3) is 11.1 Å². The van der Waals surface area contributed by atoms with Gasteiger partial charge in [0.2, 0.25) is 5.91 Å². The van der Waals surface area contributed by atoms with Gasteiger partial charge in [0.05, 0.1) is 32.5 Å². The van der Waals surface area contributed by atoms with Crippen molar-refractivity contribution in [1.29, 1.82) is 0 Å². The molecule has 1 aliphatic heterocycles. The van der Waals surface area contributed by atoms with E-state index in [4.69, 9.17) is 4.84 Å². The molecule has 48 heavy (non-hydrogen) atoms. The Balaban J connectivity index is 1.28. The minimum atomic E-state index is -0.869. The quantitative estimate of drug-likeness (QED) is 0.168. The van der Waals surface area contributed by atoms with Gasteiger partial charge in [-0.05, 0) is 77.8 Å². The minimum absolute atomic E-state index is 0.0188. The van der Waals surface area contributed by atoms with Crippen molar-refractivity contribution < 1.29 is 34.9 Å². The summed E-state index contributed by atoms with van der Waals surface area (Å²) in [7, 11) is 0. The molecule has 1 heterocycles. The highest BCUT2D eigenvalue weighted by Crippen LogP contribution is 2.61. The number of hydroxylamine groups is 2. The van der Waals surface area contributed by atoms with Crippen LogP contribution in [0.5, 0.6) is 0 Å². The van der Waals surface area contributed by atoms with E-state index in [0.29, 0.717) is 54.9 Å². The van der Waals surface area contributed by atoms with Gasteiger partial charge in [-0.15, -0.1) is 0 Å². The maximum Gasteiger partial charge on any atom is 0.251 e. The second kappa shape index (κ2) is 15.8. The molecule has 4 fully saturated rings. The van der Waals surface area contributed by atoms with Crippen LogP contribution in [0.1, 0.15) is 56.5 Å². The smallest absolute Gasteiger partial charge is 0.251 e. The maximum atomic E-state index is 14.0. The Morgan fingerprint density at radius 3 is 2.33 bits per heavy atom. The van der Waals surface area contributed by atoms with Crippen LogP contribution in [-0.2, 0) is 16.2 Å². The standard InChI is InChI=1S/C37H54N4O7/c1-23-30-19-29(37(30,3)4)20-31(23)39-36(47)34-33(24(2)45)32(22-44)48-41(34)21-25-7-5-8-26(17-25)27-9-6-10-28(18-27)35(46)38-11-12-40(13-15-42)14-16-43/h5-10,17-18,23-24,29-34,42-45H,11-16,19-22H2,1-4H3,(H,38,46)(H,39,47)/t23-,24-,29+,30-,31?,32-,33+,34-/m0/s1. The fraction of sp³-hybridized carbons (Fsp3) is 0.622. The van der Waals surface area contributed by atoms with Crippen LogP contribution in [0.4, 0.5) is 0 Å². The van der Waals surface area contributed by atoms with Crippen molar-refractivity contribution in [2.75, 3.05) is 46.0 Å². The summed E-state index contributed by atoms with van der Waals surface area (Å²) in [5.74, 6) is 0.514. The van der Waals surface area contributed by atoms with Crippen molar-refractivity contribution >= 4 is 11.8 Å². The number of carbonyl (C=O) groups excluding carboxylic acids is 2. The predicted octanol–water partition coefficient (Wildman–Crippen LogP) is 2.03. The molecule has 0 aromatic heterocycles. The molecule has 3 aliphatic carbocycles. The fourth-order valence-corrected chi connectivity index (χ4v) is 8.40. The Morgan fingerprint density at radius 2 is 1.71 bits per heavy atom. The Hall–Kier alpha value is -2.90. The van der Waals surface area contributed by atoms with Crippen molar-refractivity contribution in [2.24, 2.45) is 29.1 Å². The number of amides is 2. The number of nitrogens with zero attached hydrogens (tertiary/aromatic N) is 2. The van der Waals surface area contributed by atoms with E-state index < -0.39 is 24.2 Å². The second-order valence-electron chi connectivity index (χ2n) is 14.6. The monoisotopic (exact) mass is 666 g/mol. The average Bonchev–Trinajstić information content (AvgIpc) is 3.44. The van der Waals surface area contributed by atoms with E-state index in [-0.39, 0.29) is 44.2 Å². The molecule has 1 unspecified atom stereocenters. The topological polar surface area (TPSA) is 155 Å². The average molecular weight is 667 g/mol. The zero-order valence-electron chi connectivity index (χ0n) is 28.7. The van der Waals surface area contributed by atoms with Gasteiger partial charge in [0, 0.05) is 43.7 Å². The Bertz CT molecular complexity index is 1400. The summed E-state index contributed by atoms with van der Waals surface area (Å²) in [6, 6.07) is 14.5. The number of carbonyl (C=O) groups is 2. The first-order valence-corrected chi connectivity index (χ1v) is 17.4. The Labute approximate surface area is 284 Å². The highest BCUT2D eigenvalue weighted by molar-refractivity contribution is 5.95. The second-order valence-corrected chi connectivity index (χ2v) is 14.6. The number of nitrogens with one attached hydrogen (secondary N) is 2. The van der Waals surface area contributed by atoms with Crippen LogP contribution in [0, 0.1) is 29.1 Å². The molecule has 3 saturated carbocycles. The van der Waals surface area contributed by atoms with E-state index >= 15 is 0 Å². The van der Waals surface area contributed by atoms with Gasteiger partial charge in [-0.1, -0.05) is 51.1 Å². The predicted molar refractivity (Wildman–Crippen MR) is 182 cm³/mol. The summed E-state index contributed by atoms with van der Waals surface area (Å²) in [4.78, 5) is 35.0. The molecule has 11 nitrogen and oxygen atoms in total. The lowest BCUT2D eigenvalue weighted by Gasteiger charge is -2.62. The van der Waals surface area contributed by atoms with E-state index in [1.165, 1.54) is 6.42 Å². The molecular weight excluding hydrogens is 612 g/mol. The lowest BCUT2D eigenvalue weighted by Crippen LogP contribution is -2.62. The number of fused-ring (bicyclic) bond motifs is 2. The van der Waals surface area contributed by atoms with E-state index in [1.54, 1.807) is 18.1 Å². The third-order valence-corrected chi connectivity index (χ3v) is 11.3. The minimum Gasteiger partial charge on any atom is -0.395 e. The number of hydrogen-bond acceptors (Lipinski definition) is 9. The molecule has 2 bridgehead atoms. The molecule has 0 radical (unpaired) electrons. The Kier molecular flexibility index (Phi) is 11.9. The summed E-state index contributed by atoms with van der Waals surface area (Å²) in [6.07, 6.45) is 0.570. The summed E-state index contributed by atoms with van der Waals surface area (Å²) in [5, 5.41) is 47.2. The lowest BCUT2D eigenvalue weighted by molar-refractivity contribution is -0.183. The SMILES string of the molecule is C[C@H](O)[C@@H]1[C@H](CO)ON(Cc2cccc(-c3cccc(C(=O)NCCN(CCO)CCO)c3)c2)[C@@H]1C(=O)NC1C[C@H]2C[C@@H]([C@@H]1C)C2(C)C. The van der Waals surface area contributed by atoms with Crippen molar-refractivity contribution in [2.45, 2.75) is 71.4 Å². The first-order valence-electron chi connectivity index (χ1n) is 17.4. The number of aliphatic hydroxyl groups is 4. The van der Waals surface area contributed by atoms with Crippen LogP contribution >= 0.6 is 0 Å². The fourth-order valence-electron chi connectivity index (χ4n) is 8.40. The van der Waals surface area contributed by atoms with Gasteiger partial charge in [-0.3, -0.25) is 19.3 Å². The van der Waals surface area contributed by atoms with Gasteiger partial charge < -0.3 is 31.1 Å². The molecular formula is C37H54N4O7. The van der Waals surface area contributed by atoms with Gasteiger partial charge >= 0.3 is 0 Å². The highest BCUT2D eigenvalue weighted by Gasteiger charge is 2.57. The maximum absolute atomic E-state index is 14.0. The summed E-state index contributed by atoms with van der Waals surface area (Å²) >= 11 is 0. The van der Waals surface area contributed by atoms with E-state index in [0.717, 1.165) is 23.1 Å². The van der Waals surface area contributed by atoms with Crippen LogP contribution < -0.4 is 10.6 Å². The van der Waals surface area contributed by atoms with Gasteiger partial charge in [-0.2, -0.15) is 5.06 Å². The van der Waals surface area contributed by atoms with E-state index in [2.05, 4.69) is 31.4 Å². The highest BCUT2D eigenvalue weighted by atomic mass is 16.7. The largest absolute Gasteiger partial charge is 0.395 e. The van der Waals surface area contributed by atoms with Crippen LogP contribution in [-0.4, -0.2) is 112 Å². The van der Waals surface area contributed by atoms with Crippen LogP contribution in [0.15, 0.2) is 48.5 Å². The number of hydrogen-bond donors (Lipinski definition) is 6. The molecule has 2 aromatic carbocycles. The van der Waals surface area contributed by atoms with Crippen molar-refractivity contribution in [3.63, 3.8) is 0 Å².